The fourth-order valence-corrected chi connectivity index (χ4v) is 6.97. The van der Waals surface area contributed by atoms with E-state index >= 15 is 0 Å². The molecule has 0 heterocycles. The molecule has 2 saturated carbocycles. The molecule has 0 aromatic rings. The first kappa shape index (κ1) is 37.5. The summed E-state index contributed by atoms with van der Waals surface area (Å²) in [6.45, 7) is 12.2. The van der Waals surface area contributed by atoms with Gasteiger partial charge in [-0.05, 0) is 71.1 Å². The van der Waals surface area contributed by atoms with E-state index in [9.17, 15) is 32.4 Å². The summed E-state index contributed by atoms with van der Waals surface area (Å²) in [4.78, 5) is 66.4. The molecule has 252 valence electrons. The monoisotopic (exact) mass is 641 g/mol. The van der Waals surface area contributed by atoms with Crippen LogP contribution in [0.15, 0.2) is 0 Å². The number of carbonyl (C=O) groups is 5. The van der Waals surface area contributed by atoms with E-state index < -0.39 is 68.3 Å². The molecule has 2 rings (SSSR count). The van der Waals surface area contributed by atoms with Crippen molar-refractivity contribution in [3.05, 3.63) is 0 Å². The van der Waals surface area contributed by atoms with Gasteiger partial charge < -0.3 is 26.6 Å². The summed E-state index contributed by atoms with van der Waals surface area (Å²) < 4.78 is 24.9. The summed E-state index contributed by atoms with van der Waals surface area (Å²) in [5.74, 6) is -3.33. The Bertz CT molecular complexity index is 1140. The van der Waals surface area contributed by atoms with Crippen molar-refractivity contribution in [3.8, 4) is 0 Å². The number of carbonyl (C=O) groups excluding carboxylic acids is 5. The van der Waals surface area contributed by atoms with Crippen molar-refractivity contribution in [1.82, 2.24) is 20.9 Å². The molecule has 2 aliphatic carbocycles. The molecule has 5 N–H and O–H groups in total. The van der Waals surface area contributed by atoms with Gasteiger partial charge in [0.2, 0.25) is 17.6 Å². The smallest absolute Gasteiger partial charge is 0.315 e. The Kier molecular flexibility index (Phi) is 13.7. The van der Waals surface area contributed by atoms with Gasteiger partial charge in [-0.2, -0.15) is 0 Å². The number of nitrogens with two attached hydrogens (primary N) is 1. The Morgan fingerprint density at radius 1 is 0.909 bits per heavy atom. The summed E-state index contributed by atoms with van der Waals surface area (Å²) in [7, 11) is -3.53. The van der Waals surface area contributed by atoms with Crippen LogP contribution < -0.4 is 21.7 Å². The van der Waals surface area contributed by atoms with Crippen LogP contribution in [0.3, 0.4) is 0 Å². The van der Waals surface area contributed by atoms with Gasteiger partial charge in [0, 0.05) is 12.6 Å². The molecule has 5 amide bonds. The third kappa shape index (κ3) is 10.7. The molecule has 0 spiro atoms. The first-order valence-electron chi connectivity index (χ1n) is 16.1. The highest BCUT2D eigenvalue weighted by Crippen LogP contribution is 2.34. The average molecular weight is 642 g/mol. The van der Waals surface area contributed by atoms with Gasteiger partial charge in [-0.3, -0.25) is 19.2 Å². The van der Waals surface area contributed by atoms with Crippen LogP contribution in [0.4, 0.5) is 4.79 Å². The lowest BCUT2D eigenvalue weighted by molar-refractivity contribution is -0.144. The van der Waals surface area contributed by atoms with E-state index in [2.05, 4.69) is 16.0 Å². The molecule has 0 saturated heterocycles. The average Bonchev–Trinajstić information content (AvgIpc) is 3.76. The second-order valence-corrected chi connectivity index (χ2v) is 16.7. The molecule has 2 fully saturated rings. The number of ketones is 1. The molecule has 0 aromatic heterocycles. The number of primary amides is 1. The Hall–Kier alpha value is -2.70. The molecule has 0 aliphatic heterocycles. The third-order valence-corrected chi connectivity index (χ3v) is 11.5. The van der Waals surface area contributed by atoms with Crippen LogP contribution in [0.1, 0.15) is 106 Å². The molecule has 2 aliphatic rings. The quantitative estimate of drug-likeness (QED) is 0.186. The predicted octanol–water partition coefficient (Wildman–Crippen LogP) is 2.44. The molecular weight excluding hydrogens is 586 g/mol. The standard InChI is InChI=1S/C31H55N5O7S/c1-8-16-36(20(4)28(39)33-23(17-21-14-15-21)26(37)27(32)38)29(40)25(22-12-10-9-11-13-22)35-30(41)34-24(19(2)3)18-44(42,43)31(5,6)7/h19-25H,8-18H2,1-7H3,(H2,32,38)(H,33,39)(H2,34,35,41)/t20-,23?,24+,25-/m0/s1. The summed E-state index contributed by atoms with van der Waals surface area (Å²) >= 11 is 0. The maximum atomic E-state index is 14.2. The highest BCUT2D eigenvalue weighted by atomic mass is 32.2. The second-order valence-electron chi connectivity index (χ2n) is 13.9. The minimum atomic E-state index is -3.53. The Morgan fingerprint density at radius 2 is 1.50 bits per heavy atom. The van der Waals surface area contributed by atoms with E-state index in [4.69, 9.17) is 5.73 Å². The van der Waals surface area contributed by atoms with Gasteiger partial charge in [-0.25, -0.2) is 13.2 Å². The predicted molar refractivity (Wildman–Crippen MR) is 169 cm³/mol. The van der Waals surface area contributed by atoms with E-state index in [0.29, 0.717) is 12.8 Å². The number of nitrogens with one attached hydrogen (secondary N) is 3. The van der Waals surface area contributed by atoms with Crippen molar-refractivity contribution in [3.63, 3.8) is 0 Å². The topological polar surface area (TPSA) is 185 Å². The molecule has 1 unspecified atom stereocenters. The molecule has 0 aromatic carbocycles. The number of amides is 5. The van der Waals surface area contributed by atoms with E-state index in [1.807, 2.05) is 20.8 Å². The zero-order valence-corrected chi connectivity index (χ0v) is 28.4. The van der Waals surface area contributed by atoms with E-state index in [0.717, 1.165) is 44.9 Å². The fraction of sp³-hybridized carbons (Fsp3) is 0.839. The molecule has 0 bridgehead atoms. The maximum Gasteiger partial charge on any atom is 0.315 e. The van der Waals surface area contributed by atoms with Crippen LogP contribution in [-0.4, -0.2) is 84.1 Å². The number of nitrogens with zero attached hydrogens (tertiary/aromatic N) is 1. The zero-order chi connectivity index (χ0) is 33.4. The number of sulfone groups is 1. The first-order valence-corrected chi connectivity index (χ1v) is 17.8. The van der Waals surface area contributed by atoms with Crippen LogP contribution in [-0.2, 0) is 29.0 Å². The van der Waals surface area contributed by atoms with Crippen LogP contribution in [0.25, 0.3) is 0 Å². The lowest BCUT2D eigenvalue weighted by atomic mass is 9.83. The van der Waals surface area contributed by atoms with E-state index in [-0.39, 0.29) is 30.1 Å². The highest BCUT2D eigenvalue weighted by molar-refractivity contribution is 7.92. The first-order chi connectivity index (χ1) is 20.4. The van der Waals surface area contributed by atoms with Crippen LogP contribution in [0.2, 0.25) is 0 Å². The van der Waals surface area contributed by atoms with Gasteiger partial charge in [0.05, 0.1) is 16.5 Å². The van der Waals surface area contributed by atoms with Crippen molar-refractivity contribution in [2.45, 2.75) is 135 Å². The molecule has 12 nitrogen and oxygen atoms in total. The molecule has 0 radical (unpaired) electrons. The summed E-state index contributed by atoms with van der Waals surface area (Å²) in [6, 6.07) is -4.28. The number of hydrogen-bond acceptors (Lipinski definition) is 7. The maximum absolute atomic E-state index is 14.2. The van der Waals surface area contributed by atoms with Crippen molar-refractivity contribution in [1.29, 1.82) is 0 Å². The van der Waals surface area contributed by atoms with Crippen LogP contribution >= 0.6 is 0 Å². The normalized spacial score (nSPS) is 18.9. The van der Waals surface area contributed by atoms with E-state index in [1.165, 1.54) is 4.90 Å². The van der Waals surface area contributed by atoms with Crippen LogP contribution in [0, 0.1) is 17.8 Å². The SMILES string of the molecule is CCCN(C(=O)[C@@H](NC(=O)N[C@H](CS(=O)(=O)C(C)(C)C)C(C)C)C1CCCCC1)[C@@H](C)C(=O)NC(CC1CC1)C(=O)C(N)=O. The van der Waals surface area contributed by atoms with Crippen molar-refractivity contribution in [2.24, 2.45) is 23.5 Å². The Labute approximate surface area is 263 Å². The number of urea groups is 1. The number of rotatable bonds is 16. The van der Waals surface area contributed by atoms with Crippen molar-refractivity contribution >= 4 is 39.4 Å². The Balaban J connectivity index is 2.28. The zero-order valence-electron chi connectivity index (χ0n) is 27.6. The fourth-order valence-electron chi connectivity index (χ4n) is 5.53. The molecule has 4 atom stereocenters. The van der Waals surface area contributed by atoms with E-state index in [1.54, 1.807) is 27.7 Å². The number of hydrogen-bond donors (Lipinski definition) is 4. The van der Waals surface area contributed by atoms with Gasteiger partial charge in [0.1, 0.15) is 12.1 Å². The van der Waals surface area contributed by atoms with Gasteiger partial charge >= 0.3 is 6.03 Å². The van der Waals surface area contributed by atoms with Gasteiger partial charge in [-0.1, -0.05) is 52.9 Å². The summed E-state index contributed by atoms with van der Waals surface area (Å²) in [5, 5.41) is 8.31. The van der Waals surface area contributed by atoms with Gasteiger partial charge in [0.15, 0.2) is 9.84 Å². The summed E-state index contributed by atoms with van der Waals surface area (Å²) in [5.41, 5.74) is 5.23. The highest BCUT2D eigenvalue weighted by Gasteiger charge is 2.40. The second kappa shape index (κ2) is 16.0. The lowest BCUT2D eigenvalue weighted by Gasteiger charge is -2.37. The lowest BCUT2D eigenvalue weighted by Crippen LogP contribution is -2.61. The van der Waals surface area contributed by atoms with Gasteiger partial charge in [-0.15, -0.1) is 0 Å². The van der Waals surface area contributed by atoms with Gasteiger partial charge in [0.25, 0.3) is 5.91 Å². The third-order valence-electron chi connectivity index (χ3n) is 8.86. The Morgan fingerprint density at radius 3 is 1.98 bits per heavy atom. The molecule has 13 heteroatoms. The van der Waals surface area contributed by atoms with Crippen molar-refractivity contribution < 1.29 is 32.4 Å². The van der Waals surface area contributed by atoms with Crippen molar-refractivity contribution in [2.75, 3.05) is 12.3 Å². The largest absolute Gasteiger partial charge is 0.363 e. The molecule has 44 heavy (non-hydrogen) atoms. The minimum Gasteiger partial charge on any atom is -0.363 e. The molecular formula is C31H55N5O7S. The minimum absolute atomic E-state index is 0.161. The summed E-state index contributed by atoms with van der Waals surface area (Å²) in [6.07, 6.45) is 6.94. The number of Topliss-reactive ketones (excluding diaryl/α,β-unsaturated/α-hetero) is 1. The van der Waals surface area contributed by atoms with Crippen LogP contribution in [0.5, 0.6) is 0 Å².